The predicted octanol–water partition coefficient (Wildman–Crippen LogP) is 3.11. The lowest BCUT2D eigenvalue weighted by molar-refractivity contribution is 0.194. The molecule has 0 radical (unpaired) electrons. The molecule has 2 aromatic rings. The van der Waals surface area contributed by atoms with E-state index in [0.717, 1.165) is 44.2 Å². The predicted molar refractivity (Wildman–Crippen MR) is 139 cm³/mol. The molecule has 0 aliphatic carbocycles. The molecule has 0 amide bonds. The summed E-state index contributed by atoms with van der Waals surface area (Å²) in [4.78, 5) is 9.46. The smallest absolute Gasteiger partial charge is 0.194 e. The first kappa shape index (κ1) is 25.4. The van der Waals surface area contributed by atoms with E-state index < -0.39 is 9.84 Å². The second kappa shape index (κ2) is 12.2. The van der Waals surface area contributed by atoms with Crippen LogP contribution in [0.4, 0.5) is 0 Å². The van der Waals surface area contributed by atoms with Crippen molar-refractivity contribution in [2.45, 2.75) is 11.4 Å². The lowest BCUT2D eigenvalue weighted by atomic mass is 10.2. The minimum Gasteiger partial charge on any atom is -0.352 e. The molecule has 0 aromatic heterocycles. The summed E-state index contributed by atoms with van der Waals surface area (Å²) in [6.07, 6.45) is 5.61. The van der Waals surface area contributed by atoms with Gasteiger partial charge in [-0.25, -0.2) is 8.42 Å². The highest BCUT2D eigenvalue weighted by Crippen LogP contribution is 2.11. The summed E-state index contributed by atoms with van der Waals surface area (Å²) in [5, 5.41) is 3.39. The molecule has 0 atom stereocenters. The van der Waals surface area contributed by atoms with Crippen LogP contribution in [0.1, 0.15) is 11.1 Å². The van der Waals surface area contributed by atoms with Crippen molar-refractivity contribution in [3.63, 3.8) is 0 Å². The summed E-state index contributed by atoms with van der Waals surface area (Å²) < 4.78 is 23.2. The Hall–Kier alpha value is -1.91. The van der Waals surface area contributed by atoms with Gasteiger partial charge in [-0.3, -0.25) is 9.89 Å². The second-order valence-corrected chi connectivity index (χ2v) is 9.43. The van der Waals surface area contributed by atoms with Gasteiger partial charge in [-0.05, 0) is 23.3 Å². The molecule has 2 aromatic carbocycles. The second-order valence-electron chi connectivity index (χ2n) is 7.42. The number of nitrogens with zero attached hydrogens (tertiary/aromatic N) is 3. The fourth-order valence-electron chi connectivity index (χ4n) is 3.41. The van der Waals surface area contributed by atoms with Crippen molar-refractivity contribution >= 4 is 45.8 Å². The zero-order valence-corrected chi connectivity index (χ0v) is 21.2. The highest BCUT2D eigenvalue weighted by molar-refractivity contribution is 14.0. The molecule has 6 nitrogen and oxygen atoms in total. The van der Waals surface area contributed by atoms with Crippen LogP contribution in [0.25, 0.3) is 6.08 Å². The van der Waals surface area contributed by atoms with E-state index >= 15 is 0 Å². The van der Waals surface area contributed by atoms with Gasteiger partial charge in [-0.1, -0.05) is 54.6 Å². The summed E-state index contributed by atoms with van der Waals surface area (Å²) in [5.41, 5.74) is 2.25. The van der Waals surface area contributed by atoms with Crippen LogP contribution in [-0.2, 0) is 16.4 Å². The quantitative estimate of drug-likeness (QED) is 0.338. The third-order valence-electron chi connectivity index (χ3n) is 5.16. The van der Waals surface area contributed by atoms with Crippen LogP contribution in [-0.4, -0.2) is 70.2 Å². The molecule has 1 saturated heterocycles. The number of hydrogen-bond acceptors (Lipinski definition) is 4. The summed E-state index contributed by atoms with van der Waals surface area (Å²) in [5.74, 6) is 0.877. The van der Waals surface area contributed by atoms with E-state index in [1.165, 1.54) is 11.8 Å². The standard InChI is InChI=1S/C23H30N4O2S.HI/c1-24-23(25-19-21-10-12-22(13-11-21)30(2,28)29)27-17-15-26(16-18-27)14-6-9-20-7-4-3-5-8-20;/h3-13H,14-19H2,1-2H3,(H,24,25);1H/b9-6+;. The Bertz CT molecular complexity index is 968. The number of aliphatic imine (C=N–C) groups is 1. The number of benzene rings is 2. The highest BCUT2D eigenvalue weighted by Gasteiger charge is 2.18. The van der Waals surface area contributed by atoms with E-state index in [9.17, 15) is 8.42 Å². The molecular weight excluding hydrogens is 523 g/mol. The Morgan fingerprint density at radius 1 is 1.03 bits per heavy atom. The van der Waals surface area contributed by atoms with E-state index in [1.54, 1.807) is 19.2 Å². The van der Waals surface area contributed by atoms with Gasteiger partial charge in [0.2, 0.25) is 0 Å². The van der Waals surface area contributed by atoms with Gasteiger partial charge < -0.3 is 10.2 Å². The Labute approximate surface area is 203 Å². The zero-order chi connectivity index (χ0) is 21.4. The van der Waals surface area contributed by atoms with Crippen molar-refractivity contribution in [3.8, 4) is 0 Å². The SMILES string of the molecule is CN=C(NCc1ccc(S(C)(=O)=O)cc1)N1CCN(C/C=C/c2ccccc2)CC1.I. The zero-order valence-electron chi connectivity index (χ0n) is 18.1. The molecule has 1 heterocycles. The Morgan fingerprint density at radius 2 is 1.68 bits per heavy atom. The fraction of sp³-hybridized carbons (Fsp3) is 0.348. The van der Waals surface area contributed by atoms with Crippen LogP contribution in [0.3, 0.4) is 0 Å². The molecule has 3 rings (SSSR count). The molecule has 1 N–H and O–H groups in total. The molecule has 1 fully saturated rings. The molecule has 0 bridgehead atoms. The Morgan fingerprint density at radius 3 is 2.26 bits per heavy atom. The number of nitrogens with one attached hydrogen (secondary N) is 1. The molecule has 0 spiro atoms. The third kappa shape index (κ3) is 7.93. The molecule has 168 valence electrons. The maximum atomic E-state index is 11.6. The van der Waals surface area contributed by atoms with Crippen molar-refractivity contribution in [2.75, 3.05) is 46.0 Å². The van der Waals surface area contributed by atoms with Crippen LogP contribution in [0.15, 0.2) is 70.6 Å². The first-order chi connectivity index (χ1) is 14.5. The van der Waals surface area contributed by atoms with Crippen LogP contribution in [0, 0.1) is 0 Å². The summed E-state index contributed by atoms with van der Waals surface area (Å²) >= 11 is 0. The number of piperazine rings is 1. The average molecular weight is 554 g/mol. The molecular formula is C23H31IN4O2S. The lowest BCUT2D eigenvalue weighted by Gasteiger charge is -2.36. The normalized spacial score (nSPS) is 15.7. The summed E-state index contributed by atoms with van der Waals surface area (Å²) in [7, 11) is -1.37. The minimum atomic E-state index is -3.16. The number of rotatable bonds is 6. The molecule has 1 aliphatic heterocycles. The number of sulfone groups is 1. The van der Waals surface area contributed by atoms with Crippen molar-refractivity contribution in [3.05, 3.63) is 71.8 Å². The summed E-state index contributed by atoms with van der Waals surface area (Å²) in [6, 6.07) is 17.3. The van der Waals surface area contributed by atoms with Crippen molar-refractivity contribution in [1.29, 1.82) is 0 Å². The molecule has 0 unspecified atom stereocenters. The molecule has 8 heteroatoms. The third-order valence-corrected chi connectivity index (χ3v) is 6.29. The van der Waals surface area contributed by atoms with Gasteiger partial charge in [0.25, 0.3) is 0 Å². The maximum Gasteiger partial charge on any atom is 0.194 e. The van der Waals surface area contributed by atoms with Gasteiger partial charge in [-0.15, -0.1) is 24.0 Å². The van der Waals surface area contributed by atoms with Crippen molar-refractivity contribution in [2.24, 2.45) is 4.99 Å². The topological polar surface area (TPSA) is 65.0 Å². The monoisotopic (exact) mass is 554 g/mol. The van der Waals surface area contributed by atoms with Gasteiger partial charge in [0, 0.05) is 52.6 Å². The number of hydrogen-bond donors (Lipinski definition) is 1. The van der Waals surface area contributed by atoms with Gasteiger partial charge in [0.1, 0.15) is 0 Å². The van der Waals surface area contributed by atoms with E-state index in [1.807, 2.05) is 18.2 Å². The van der Waals surface area contributed by atoms with E-state index in [2.05, 4.69) is 56.5 Å². The Balaban J connectivity index is 0.00000341. The lowest BCUT2D eigenvalue weighted by Crippen LogP contribution is -2.52. The van der Waals surface area contributed by atoms with Crippen LogP contribution in [0.2, 0.25) is 0 Å². The minimum absolute atomic E-state index is 0. The first-order valence-electron chi connectivity index (χ1n) is 10.1. The van der Waals surface area contributed by atoms with Crippen molar-refractivity contribution in [1.82, 2.24) is 15.1 Å². The highest BCUT2D eigenvalue weighted by atomic mass is 127. The largest absolute Gasteiger partial charge is 0.352 e. The van der Waals surface area contributed by atoms with Crippen LogP contribution in [0.5, 0.6) is 0 Å². The van der Waals surface area contributed by atoms with Crippen LogP contribution < -0.4 is 5.32 Å². The maximum absolute atomic E-state index is 11.6. The van der Waals surface area contributed by atoms with Gasteiger partial charge in [0.15, 0.2) is 15.8 Å². The number of guanidine groups is 1. The van der Waals surface area contributed by atoms with E-state index in [0.29, 0.717) is 11.4 Å². The number of halogens is 1. The van der Waals surface area contributed by atoms with Crippen molar-refractivity contribution < 1.29 is 8.42 Å². The van der Waals surface area contributed by atoms with Crippen LogP contribution >= 0.6 is 24.0 Å². The van der Waals surface area contributed by atoms with Gasteiger partial charge in [0.05, 0.1) is 4.90 Å². The van der Waals surface area contributed by atoms with E-state index in [-0.39, 0.29) is 24.0 Å². The first-order valence-corrected chi connectivity index (χ1v) is 12.0. The van der Waals surface area contributed by atoms with E-state index in [4.69, 9.17) is 0 Å². The molecule has 1 aliphatic rings. The summed E-state index contributed by atoms with van der Waals surface area (Å²) in [6.45, 7) is 5.38. The van der Waals surface area contributed by atoms with Gasteiger partial charge >= 0.3 is 0 Å². The molecule has 0 saturated carbocycles. The molecule has 31 heavy (non-hydrogen) atoms. The van der Waals surface area contributed by atoms with Gasteiger partial charge in [-0.2, -0.15) is 0 Å². The Kier molecular flexibility index (Phi) is 9.98. The fourth-order valence-corrected chi connectivity index (χ4v) is 4.04. The average Bonchev–Trinajstić information content (AvgIpc) is 2.76.